The summed E-state index contributed by atoms with van der Waals surface area (Å²) in [5.74, 6) is 0.673. The second kappa shape index (κ2) is 7.11. The van der Waals surface area contributed by atoms with Crippen LogP contribution >= 0.6 is 0 Å². The summed E-state index contributed by atoms with van der Waals surface area (Å²) in [6.07, 6.45) is 0. The van der Waals surface area contributed by atoms with E-state index < -0.39 is 0 Å². The van der Waals surface area contributed by atoms with Gasteiger partial charge in [-0.2, -0.15) is 0 Å². The number of aromatic nitrogens is 4. The maximum atomic E-state index is 12.5. The van der Waals surface area contributed by atoms with Gasteiger partial charge >= 0.3 is 11.4 Å². The van der Waals surface area contributed by atoms with Crippen molar-refractivity contribution in [1.29, 1.82) is 0 Å². The average Bonchev–Trinajstić information content (AvgIpc) is 3.24. The van der Waals surface area contributed by atoms with Crippen molar-refractivity contribution >= 4 is 22.1 Å². The van der Waals surface area contributed by atoms with Gasteiger partial charge in [0.05, 0.1) is 42.3 Å². The minimum absolute atomic E-state index is 0.170. The molecule has 0 fully saturated rings. The van der Waals surface area contributed by atoms with Gasteiger partial charge in [-0.05, 0) is 24.3 Å². The van der Waals surface area contributed by atoms with Crippen molar-refractivity contribution in [3.05, 3.63) is 98.8 Å². The van der Waals surface area contributed by atoms with Crippen LogP contribution < -0.4 is 16.1 Å². The van der Waals surface area contributed by atoms with Crippen molar-refractivity contribution in [2.75, 3.05) is 7.11 Å². The van der Waals surface area contributed by atoms with Crippen molar-refractivity contribution in [2.45, 2.75) is 13.1 Å². The third kappa shape index (κ3) is 2.91. The first-order valence-corrected chi connectivity index (χ1v) is 9.65. The molecular formula is C23H20N4O3. The van der Waals surface area contributed by atoms with E-state index in [4.69, 9.17) is 4.74 Å². The van der Waals surface area contributed by atoms with E-state index >= 15 is 0 Å². The van der Waals surface area contributed by atoms with Gasteiger partial charge < -0.3 is 14.7 Å². The van der Waals surface area contributed by atoms with E-state index in [1.807, 2.05) is 66.7 Å². The van der Waals surface area contributed by atoms with Crippen molar-refractivity contribution in [2.24, 2.45) is 0 Å². The van der Waals surface area contributed by atoms with Crippen molar-refractivity contribution in [1.82, 2.24) is 19.1 Å². The lowest BCUT2D eigenvalue weighted by atomic mass is 10.1. The van der Waals surface area contributed by atoms with Gasteiger partial charge in [0.15, 0.2) is 0 Å². The Hall–Kier alpha value is -4.00. The van der Waals surface area contributed by atoms with Crippen LogP contribution in [0, 0.1) is 0 Å². The fourth-order valence-corrected chi connectivity index (χ4v) is 4.02. The zero-order valence-corrected chi connectivity index (χ0v) is 16.4. The molecule has 0 spiro atoms. The summed E-state index contributed by atoms with van der Waals surface area (Å²) < 4.78 is 9.11. The van der Waals surface area contributed by atoms with E-state index in [1.54, 1.807) is 16.2 Å². The van der Waals surface area contributed by atoms with Gasteiger partial charge in [-0.15, -0.1) is 0 Å². The number of para-hydroxylation sites is 5. The normalized spacial score (nSPS) is 11.4. The number of H-pyrrole nitrogens is 2. The van der Waals surface area contributed by atoms with Crippen LogP contribution in [-0.2, 0) is 13.1 Å². The van der Waals surface area contributed by atoms with Crippen LogP contribution in [0.15, 0.2) is 76.3 Å². The highest BCUT2D eigenvalue weighted by molar-refractivity contribution is 5.76. The fourth-order valence-electron chi connectivity index (χ4n) is 4.02. The Bertz CT molecular complexity index is 1380. The number of nitrogens with one attached hydrogen (secondary N) is 2. The molecule has 5 rings (SSSR count). The van der Waals surface area contributed by atoms with Gasteiger partial charge in [-0.3, -0.25) is 9.13 Å². The van der Waals surface area contributed by atoms with Gasteiger partial charge in [-0.1, -0.05) is 42.5 Å². The molecular weight excluding hydrogens is 380 g/mol. The monoisotopic (exact) mass is 400 g/mol. The van der Waals surface area contributed by atoms with Crippen LogP contribution in [0.1, 0.15) is 11.1 Å². The van der Waals surface area contributed by atoms with E-state index in [-0.39, 0.29) is 11.4 Å². The predicted octanol–water partition coefficient (Wildman–Crippen LogP) is 3.08. The molecule has 0 saturated heterocycles. The summed E-state index contributed by atoms with van der Waals surface area (Å²) >= 11 is 0. The molecule has 0 bridgehead atoms. The Morgan fingerprint density at radius 3 is 1.63 bits per heavy atom. The lowest BCUT2D eigenvalue weighted by molar-refractivity contribution is 0.402. The highest BCUT2D eigenvalue weighted by Gasteiger charge is 2.15. The SMILES string of the molecule is COc1c(Cn2c(=O)[nH]c3ccccc32)cccc1Cn1c(=O)[nH]c2ccccc21. The minimum atomic E-state index is -0.170. The standard InChI is InChI=1S/C23H20N4O3/c1-30-21-15(13-26-19-11-4-2-9-17(19)24-22(26)28)7-6-8-16(21)14-27-20-12-5-3-10-18(20)25-23(27)29/h2-12H,13-14H2,1H3,(H,24,28)(H,25,29). The maximum Gasteiger partial charge on any atom is 0.326 e. The molecule has 0 radical (unpaired) electrons. The fraction of sp³-hybridized carbons (Fsp3) is 0.130. The first-order valence-electron chi connectivity index (χ1n) is 9.65. The molecule has 7 heteroatoms. The molecule has 0 saturated carbocycles. The van der Waals surface area contributed by atoms with Gasteiger partial charge in [0.25, 0.3) is 0 Å². The minimum Gasteiger partial charge on any atom is -0.496 e. The molecule has 0 aliphatic carbocycles. The molecule has 0 atom stereocenters. The quantitative estimate of drug-likeness (QED) is 0.475. The number of benzene rings is 3. The largest absolute Gasteiger partial charge is 0.496 e. The molecule has 0 amide bonds. The molecule has 2 aromatic heterocycles. The zero-order valence-electron chi connectivity index (χ0n) is 16.4. The maximum absolute atomic E-state index is 12.5. The predicted molar refractivity (Wildman–Crippen MR) is 116 cm³/mol. The van der Waals surface area contributed by atoms with Crippen LogP contribution in [0.3, 0.4) is 0 Å². The number of aromatic amines is 2. The van der Waals surface area contributed by atoms with Gasteiger partial charge in [0, 0.05) is 11.1 Å². The van der Waals surface area contributed by atoms with E-state index in [0.29, 0.717) is 18.8 Å². The summed E-state index contributed by atoms with van der Waals surface area (Å²) in [5.41, 5.74) is 4.66. The number of fused-ring (bicyclic) bond motifs is 2. The van der Waals surface area contributed by atoms with Crippen LogP contribution in [-0.4, -0.2) is 26.2 Å². The number of hydrogen-bond donors (Lipinski definition) is 2. The highest BCUT2D eigenvalue weighted by Crippen LogP contribution is 2.27. The molecule has 150 valence electrons. The topological polar surface area (TPSA) is 84.8 Å². The van der Waals surface area contributed by atoms with Gasteiger partial charge in [-0.25, -0.2) is 9.59 Å². The van der Waals surface area contributed by atoms with E-state index in [1.165, 1.54) is 0 Å². The first kappa shape index (κ1) is 18.1. The Morgan fingerprint density at radius 2 is 1.17 bits per heavy atom. The molecule has 7 nitrogen and oxygen atoms in total. The number of imidazole rings is 2. The van der Waals surface area contributed by atoms with Gasteiger partial charge in [0.2, 0.25) is 0 Å². The lowest BCUT2D eigenvalue weighted by Crippen LogP contribution is -2.19. The molecule has 2 heterocycles. The van der Waals surface area contributed by atoms with Crippen LogP contribution in [0.2, 0.25) is 0 Å². The molecule has 0 aliphatic rings. The third-order valence-electron chi connectivity index (χ3n) is 5.40. The summed E-state index contributed by atoms with van der Waals surface area (Å²) in [6.45, 7) is 0.727. The molecule has 30 heavy (non-hydrogen) atoms. The number of methoxy groups -OCH3 is 1. The van der Waals surface area contributed by atoms with E-state index in [2.05, 4.69) is 9.97 Å². The number of nitrogens with zero attached hydrogens (tertiary/aromatic N) is 2. The number of ether oxygens (including phenoxy) is 1. The van der Waals surface area contributed by atoms with Crippen LogP contribution in [0.5, 0.6) is 5.75 Å². The summed E-state index contributed by atoms with van der Waals surface area (Å²) in [7, 11) is 1.61. The Morgan fingerprint density at radius 1 is 0.700 bits per heavy atom. The van der Waals surface area contributed by atoms with Crippen molar-refractivity contribution in [3.63, 3.8) is 0 Å². The Kier molecular flexibility index (Phi) is 4.28. The van der Waals surface area contributed by atoms with Gasteiger partial charge in [0.1, 0.15) is 5.75 Å². The smallest absolute Gasteiger partial charge is 0.326 e. The highest BCUT2D eigenvalue weighted by atomic mass is 16.5. The first-order chi connectivity index (χ1) is 14.7. The van der Waals surface area contributed by atoms with Crippen LogP contribution in [0.25, 0.3) is 22.1 Å². The van der Waals surface area contributed by atoms with Crippen molar-refractivity contribution < 1.29 is 4.74 Å². The lowest BCUT2D eigenvalue weighted by Gasteiger charge is -2.15. The molecule has 5 aromatic rings. The van der Waals surface area contributed by atoms with E-state index in [0.717, 1.165) is 33.2 Å². The Labute approximate surface area is 171 Å². The van der Waals surface area contributed by atoms with E-state index in [9.17, 15) is 9.59 Å². The summed E-state index contributed by atoms with van der Waals surface area (Å²) in [5, 5.41) is 0. The second-order valence-electron chi connectivity index (χ2n) is 7.18. The molecule has 0 unspecified atom stereocenters. The molecule has 3 aromatic carbocycles. The number of rotatable bonds is 5. The van der Waals surface area contributed by atoms with Crippen LogP contribution in [0.4, 0.5) is 0 Å². The summed E-state index contributed by atoms with van der Waals surface area (Å²) in [4.78, 5) is 30.7. The molecule has 2 N–H and O–H groups in total. The second-order valence-corrected chi connectivity index (χ2v) is 7.18. The molecule has 0 aliphatic heterocycles. The summed E-state index contributed by atoms with van der Waals surface area (Å²) in [6, 6.07) is 21.0. The average molecular weight is 400 g/mol. The number of hydrogen-bond acceptors (Lipinski definition) is 3. The van der Waals surface area contributed by atoms with Crippen molar-refractivity contribution in [3.8, 4) is 5.75 Å². The zero-order chi connectivity index (χ0) is 20.7. The Balaban J connectivity index is 1.58. The third-order valence-corrected chi connectivity index (χ3v) is 5.40.